The molecule has 5 nitrogen and oxygen atoms in total. The third-order valence-electron chi connectivity index (χ3n) is 5.24. The molecule has 0 unspecified atom stereocenters. The van der Waals surface area contributed by atoms with Crippen LogP contribution in [0.3, 0.4) is 0 Å². The number of aromatic nitrogens is 3. The summed E-state index contributed by atoms with van der Waals surface area (Å²) in [6.07, 6.45) is -2.74. The predicted octanol–water partition coefficient (Wildman–Crippen LogP) is 5.07. The maximum Gasteiger partial charge on any atom is 0.416 e. The molecule has 1 fully saturated rings. The lowest BCUT2D eigenvalue weighted by Gasteiger charge is -2.43. The Morgan fingerprint density at radius 3 is 2.57 bits per heavy atom. The van der Waals surface area contributed by atoms with Crippen molar-refractivity contribution in [3.05, 3.63) is 53.3 Å². The van der Waals surface area contributed by atoms with Gasteiger partial charge in [-0.15, -0.1) is 5.10 Å². The number of hydrogen-bond acceptors (Lipinski definition) is 5. The highest BCUT2D eigenvalue weighted by Gasteiger charge is 2.39. The monoisotopic (exact) mass is 419 g/mol. The number of fused-ring (bicyclic) bond motifs is 1. The van der Waals surface area contributed by atoms with Gasteiger partial charge in [-0.3, -0.25) is 4.98 Å². The zero-order chi connectivity index (χ0) is 21.7. The van der Waals surface area contributed by atoms with Crippen molar-refractivity contribution in [3.63, 3.8) is 0 Å². The Morgan fingerprint density at radius 2 is 1.90 bits per heavy atom. The number of pyridine rings is 1. The van der Waals surface area contributed by atoms with E-state index in [-0.39, 0.29) is 13.1 Å². The average molecular weight is 419 g/mol. The van der Waals surface area contributed by atoms with Gasteiger partial charge in [-0.25, -0.2) is 4.39 Å². The van der Waals surface area contributed by atoms with Crippen molar-refractivity contribution in [3.8, 4) is 0 Å². The number of rotatable bonds is 4. The van der Waals surface area contributed by atoms with E-state index in [9.17, 15) is 17.6 Å². The Balaban J connectivity index is 1.66. The first kappa shape index (κ1) is 20.3. The molecule has 30 heavy (non-hydrogen) atoms. The molecule has 0 radical (unpaired) electrons. The minimum absolute atomic E-state index is 0.279. The molecule has 1 saturated heterocycles. The van der Waals surface area contributed by atoms with E-state index >= 15 is 0 Å². The van der Waals surface area contributed by atoms with Crippen LogP contribution in [-0.4, -0.2) is 33.9 Å². The molecular weight excluding hydrogens is 398 g/mol. The fourth-order valence-electron chi connectivity index (χ4n) is 3.63. The second-order valence-electron chi connectivity index (χ2n) is 7.98. The van der Waals surface area contributed by atoms with Gasteiger partial charge in [-0.05, 0) is 44.5 Å². The Kier molecular flexibility index (Phi) is 4.79. The molecule has 3 aromatic rings. The van der Waals surface area contributed by atoms with Crippen LogP contribution in [0, 0.1) is 6.92 Å². The summed E-state index contributed by atoms with van der Waals surface area (Å²) in [4.78, 5) is 6.34. The molecule has 1 atom stereocenters. The molecule has 0 saturated carbocycles. The summed E-state index contributed by atoms with van der Waals surface area (Å²) < 4.78 is 53.0. The number of aryl methyl sites for hydroxylation is 1. The molecule has 0 spiro atoms. The van der Waals surface area contributed by atoms with Gasteiger partial charge < -0.3 is 10.2 Å². The Morgan fingerprint density at radius 1 is 1.17 bits per heavy atom. The Hall–Kier alpha value is -2.97. The minimum atomic E-state index is -4.41. The summed E-state index contributed by atoms with van der Waals surface area (Å²) >= 11 is 0. The van der Waals surface area contributed by atoms with Crippen LogP contribution in [0.2, 0.25) is 0 Å². The molecule has 0 aliphatic carbocycles. The Labute approximate surface area is 171 Å². The number of nitrogens with zero attached hydrogens (tertiary/aromatic N) is 4. The van der Waals surface area contributed by atoms with Crippen molar-refractivity contribution in [1.29, 1.82) is 0 Å². The van der Waals surface area contributed by atoms with Gasteiger partial charge in [0.15, 0.2) is 5.82 Å². The van der Waals surface area contributed by atoms with Crippen LogP contribution in [0.25, 0.3) is 10.9 Å². The summed E-state index contributed by atoms with van der Waals surface area (Å²) in [6, 6.07) is 6.58. The standard InChI is InChI=1S/C21H21F4N5/c1-12(14-5-4-6-15(7-14)21(23,24)25)27-19-17-8-16(30-10-20(3,22)11-30)9-26-18(17)13(2)28-29-19/h4-9,12H,10-11H2,1-3H3,(H,27,29)/t12-/m1/s1. The lowest BCUT2D eigenvalue weighted by Crippen LogP contribution is -2.57. The number of alkyl halides is 4. The maximum atomic E-state index is 13.9. The fraction of sp³-hybridized carbons (Fsp3) is 0.381. The smallest absolute Gasteiger partial charge is 0.364 e. The molecule has 1 aliphatic heterocycles. The van der Waals surface area contributed by atoms with Gasteiger partial charge in [0.05, 0.1) is 47.8 Å². The van der Waals surface area contributed by atoms with E-state index < -0.39 is 23.5 Å². The van der Waals surface area contributed by atoms with Gasteiger partial charge >= 0.3 is 6.18 Å². The normalized spacial score (nSPS) is 17.0. The summed E-state index contributed by atoms with van der Waals surface area (Å²) in [5, 5.41) is 12.2. The molecule has 3 heterocycles. The highest BCUT2D eigenvalue weighted by Crippen LogP contribution is 2.34. The largest absolute Gasteiger partial charge is 0.416 e. The molecule has 1 N–H and O–H groups in total. The fourth-order valence-corrected chi connectivity index (χ4v) is 3.63. The van der Waals surface area contributed by atoms with Crippen LogP contribution in [-0.2, 0) is 6.18 Å². The molecule has 0 bridgehead atoms. The van der Waals surface area contributed by atoms with E-state index in [4.69, 9.17) is 0 Å². The number of halogens is 4. The highest BCUT2D eigenvalue weighted by atomic mass is 19.4. The van der Waals surface area contributed by atoms with E-state index in [1.165, 1.54) is 6.07 Å². The van der Waals surface area contributed by atoms with E-state index in [1.807, 2.05) is 11.0 Å². The molecule has 0 amide bonds. The first-order valence-electron chi connectivity index (χ1n) is 9.54. The second kappa shape index (κ2) is 7.07. The number of anilines is 2. The van der Waals surface area contributed by atoms with Crippen LogP contribution in [0.15, 0.2) is 36.5 Å². The van der Waals surface area contributed by atoms with Gasteiger partial charge in [0, 0.05) is 5.39 Å². The van der Waals surface area contributed by atoms with E-state index in [0.717, 1.165) is 17.8 Å². The van der Waals surface area contributed by atoms with Crippen LogP contribution in [0.4, 0.5) is 29.1 Å². The summed E-state index contributed by atoms with van der Waals surface area (Å²) in [5.74, 6) is 0.415. The third kappa shape index (κ3) is 3.88. The molecule has 158 valence electrons. The van der Waals surface area contributed by atoms with Crippen molar-refractivity contribution >= 4 is 22.4 Å². The maximum absolute atomic E-state index is 13.9. The minimum Gasteiger partial charge on any atom is -0.364 e. The van der Waals surface area contributed by atoms with Gasteiger partial charge in [-0.1, -0.05) is 12.1 Å². The summed E-state index contributed by atoms with van der Waals surface area (Å²) in [5.41, 5.74) is 0.578. The first-order chi connectivity index (χ1) is 14.0. The van der Waals surface area contributed by atoms with Crippen LogP contribution in [0.5, 0.6) is 0 Å². The molecular formula is C21H21F4N5. The number of benzene rings is 1. The summed E-state index contributed by atoms with van der Waals surface area (Å²) in [7, 11) is 0. The third-order valence-corrected chi connectivity index (χ3v) is 5.24. The van der Waals surface area contributed by atoms with Gasteiger partial charge in [0.2, 0.25) is 0 Å². The lowest BCUT2D eigenvalue weighted by molar-refractivity contribution is -0.137. The zero-order valence-corrected chi connectivity index (χ0v) is 16.8. The van der Waals surface area contributed by atoms with Crippen LogP contribution < -0.4 is 10.2 Å². The summed E-state index contributed by atoms with van der Waals surface area (Å²) in [6.45, 7) is 5.65. The number of nitrogens with one attached hydrogen (secondary N) is 1. The Bertz CT molecular complexity index is 1090. The van der Waals surface area contributed by atoms with Crippen molar-refractivity contribution in [1.82, 2.24) is 15.2 Å². The first-order valence-corrected chi connectivity index (χ1v) is 9.54. The van der Waals surface area contributed by atoms with E-state index in [0.29, 0.717) is 28.0 Å². The zero-order valence-electron chi connectivity index (χ0n) is 16.8. The SMILES string of the molecule is Cc1nnc(N[C@H](C)c2cccc(C(F)(F)F)c2)c2cc(N3CC(C)(F)C3)cnc12. The second-order valence-corrected chi connectivity index (χ2v) is 7.98. The van der Waals surface area contributed by atoms with E-state index in [2.05, 4.69) is 20.5 Å². The molecule has 2 aromatic heterocycles. The van der Waals surface area contributed by atoms with Crippen molar-refractivity contribution in [2.75, 3.05) is 23.3 Å². The molecule has 1 aromatic carbocycles. The predicted molar refractivity (Wildman–Crippen MR) is 107 cm³/mol. The van der Waals surface area contributed by atoms with Gasteiger partial charge in [-0.2, -0.15) is 18.3 Å². The van der Waals surface area contributed by atoms with Crippen molar-refractivity contribution in [2.24, 2.45) is 0 Å². The van der Waals surface area contributed by atoms with Gasteiger partial charge in [0.25, 0.3) is 0 Å². The molecule has 1 aliphatic rings. The van der Waals surface area contributed by atoms with Crippen LogP contribution in [0.1, 0.15) is 36.7 Å². The van der Waals surface area contributed by atoms with Crippen molar-refractivity contribution in [2.45, 2.75) is 38.7 Å². The molecule has 9 heteroatoms. The van der Waals surface area contributed by atoms with E-state index in [1.54, 1.807) is 33.0 Å². The molecule has 4 rings (SSSR count). The topological polar surface area (TPSA) is 53.9 Å². The number of hydrogen-bond donors (Lipinski definition) is 1. The van der Waals surface area contributed by atoms with Crippen LogP contribution >= 0.6 is 0 Å². The van der Waals surface area contributed by atoms with Crippen molar-refractivity contribution < 1.29 is 17.6 Å². The quantitative estimate of drug-likeness (QED) is 0.598. The van der Waals surface area contributed by atoms with Gasteiger partial charge in [0.1, 0.15) is 5.67 Å². The highest BCUT2D eigenvalue weighted by molar-refractivity contribution is 5.92. The average Bonchev–Trinajstić information content (AvgIpc) is 2.67. The lowest BCUT2D eigenvalue weighted by atomic mass is 9.98.